The minimum Gasteiger partial charge on any atom is -0.497 e. The second-order valence-electron chi connectivity index (χ2n) is 4.78. The Kier molecular flexibility index (Phi) is 3.09. The van der Waals surface area contributed by atoms with E-state index in [0.29, 0.717) is 35.9 Å². The molecule has 7 heteroatoms. The number of carbonyl (C=O) groups is 1. The number of nitrogen functional groups attached to an aromatic ring is 2. The maximum absolute atomic E-state index is 12.5. The summed E-state index contributed by atoms with van der Waals surface area (Å²) in [6, 6.07) is 6.96. The summed E-state index contributed by atoms with van der Waals surface area (Å²) in [5.41, 5.74) is 13.5. The minimum atomic E-state index is -0.0892. The van der Waals surface area contributed by atoms with Gasteiger partial charge in [0.15, 0.2) is 0 Å². The predicted octanol–water partition coefficient (Wildman–Crippen LogP) is 0.806. The monoisotopic (exact) mass is 285 g/mol. The molecule has 0 aliphatic carbocycles. The third-order valence-corrected chi connectivity index (χ3v) is 3.46. The van der Waals surface area contributed by atoms with Crippen LogP contribution in [-0.2, 0) is 13.1 Å². The van der Waals surface area contributed by atoms with E-state index in [9.17, 15) is 4.79 Å². The van der Waals surface area contributed by atoms with Crippen LogP contribution in [0.5, 0.6) is 5.75 Å². The molecule has 1 aromatic heterocycles. The van der Waals surface area contributed by atoms with Crippen LogP contribution < -0.4 is 16.2 Å². The molecular formula is C14H15N5O2. The average molecular weight is 285 g/mol. The van der Waals surface area contributed by atoms with E-state index in [1.807, 2.05) is 0 Å². The highest BCUT2D eigenvalue weighted by Crippen LogP contribution is 2.27. The zero-order chi connectivity index (χ0) is 15.0. The van der Waals surface area contributed by atoms with Crippen molar-refractivity contribution in [3.05, 3.63) is 41.1 Å². The van der Waals surface area contributed by atoms with E-state index in [0.717, 1.165) is 5.56 Å². The number of amides is 1. The Balaban J connectivity index is 1.83. The van der Waals surface area contributed by atoms with Crippen molar-refractivity contribution in [1.82, 2.24) is 14.9 Å². The number of ether oxygens (including phenoxy) is 1. The fourth-order valence-corrected chi connectivity index (χ4v) is 2.36. The van der Waals surface area contributed by atoms with Crippen molar-refractivity contribution in [2.75, 3.05) is 18.6 Å². The molecule has 7 nitrogen and oxygen atoms in total. The highest BCUT2D eigenvalue weighted by molar-refractivity contribution is 5.94. The molecule has 1 aliphatic heterocycles. The van der Waals surface area contributed by atoms with E-state index in [-0.39, 0.29) is 11.9 Å². The first kappa shape index (κ1) is 13.2. The molecule has 3 rings (SSSR count). The van der Waals surface area contributed by atoms with Crippen molar-refractivity contribution in [3.63, 3.8) is 0 Å². The molecule has 4 N–H and O–H groups in total. The second kappa shape index (κ2) is 4.93. The number of hydrogen-bond donors (Lipinski definition) is 2. The van der Waals surface area contributed by atoms with Crippen molar-refractivity contribution in [2.24, 2.45) is 0 Å². The molecule has 2 aromatic rings. The molecule has 1 amide bonds. The molecule has 0 unspecified atom stereocenters. The Morgan fingerprint density at radius 3 is 2.57 bits per heavy atom. The predicted molar refractivity (Wildman–Crippen MR) is 77.4 cm³/mol. The van der Waals surface area contributed by atoms with Crippen LogP contribution in [0.15, 0.2) is 24.3 Å². The molecule has 0 spiro atoms. The van der Waals surface area contributed by atoms with Gasteiger partial charge in [-0.25, -0.2) is 4.98 Å². The van der Waals surface area contributed by atoms with Crippen LogP contribution in [0.3, 0.4) is 0 Å². The largest absolute Gasteiger partial charge is 0.497 e. The fourth-order valence-electron chi connectivity index (χ4n) is 2.36. The van der Waals surface area contributed by atoms with Gasteiger partial charge in [-0.15, -0.1) is 0 Å². The summed E-state index contributed by atoms with van der Waals surface area (Å²) in [6.45, 7) is 0.781. The Morgan fingerprint density at radius 2 is 1.90 bits per heavy atom. The third-order valence-electron chi connectivity index (χ3n) is 3.46. The number of anilines is 2. The van der Waals surface area contributed by atoms with Gasteiger partial charge in [-0.3, -0.25) is 4.79 Å². The summed E-state index contributed by atoms with van der Waals surface area (Å²) in [6.07, 6.45) is 0. The molecule has 2 heterocycles. The van der Waals surface area contributed by atoms with Gasteiger partial charge in [0.05, 0.1) is 25.9 Å². The van der Waals surface area contributed by atoms with Gasteiger partial charge in [-0.2, -0.15) is 4.98 Å². The molecule has 21 heavy (non-hydrogen) atoms. The summed E-state index contributed by atoms with van der Waals surface area (Å²) in [7, 11) is 1.58. The fraction of sp³-hybridized carbons (Fsp3) is 0.214. The standard InChI is InChI=1S/C14H15N5O2/c1-21-9-4-2-8(3-5-9)13(20)19-6-10-11(7-19)17-14(16)18-12(10)15/h2-5H,6-7H2,1H3,(H4,15,16,17,18). The van der Waals surface area contributed by atoms with E-state index in [2.05, 4.69) is 9.97 Å². The van der Waals surface area contributed by atoms with Gasteiger partial charge in [0, 0.05) is 11.1 Å². The number of nitrogens with zero attached hydrogens (tertiary/aromatic N) is 3. The van der Waals surface area contributed by atoms with Gasteiger partial charge in [0.2, 0.25) is 5.95 Å². The highest BCUT2D eigenvalue weighted by atomic mass is 16.5. The minimum absolute atomic E-state index is 0.0892. The van der Waals surface area contributed by atoms with Gasteiger partial charge in [-0.1, -0.05) is 0 Å². The average Bonchev–Trinajstić information content (AvgIpc) is 2.91. The van der Waals surface area contributed by atoms with Gasteiger partial charge in [0.25, 0.3) is 5.91 Å². The van der Waals surface area contributed by atoms with Crippen molar-refractivity contribution < 1.29 is 9.53 Å². The summed E-state index contributed by atoms with van der Waals surface area (Å²) in [5, 5.41) is 0. The number of rotatable bonds is 2. The van der Waals surface area contributed by atoms with Crippen molar-refractivity contribution >= 4 is 17.7 Å². The molecular weight excluding hydrogens is 270 g/mol. The lowest BCUT2D eigenvalue weighted by Gasteiger charge is -2.15. The molecule has 0 fully saturated rings. The second-order valence-corrected chi connectivity index (χ2v) is 4.78. The molecule has 108 valence electrons. The lowest BCUT2D eigenvalue weighted by Crippen LogP contribution is -2.25. The molecule has 1 aromatic carbocycles. The molecule has 0 radical (unpaired) electrons. The maximum Gasteiger partial charge on any atom is 0.254 e. The number of fused-ring (bicyclic) bond motifs is 1. The van der Waals surface area contributed by atoms with Crippen LogP contribution in [0.2, 0.25) is 0 Å². The SMILES string of the molecule is COc1ccc(C(=O)N2Cc3nc(N)nc(N)c3C2)cc1. The number of methoxy groups -OCH3 is 1. The van der Waals surface area contributed by atoms with Gasteiger partial charge in [-0.05, 0) is 24.3 Å². The van der Waals surface area contributed by atoms with Gasteiger partial charge < -0.3 is 21.1 Å². The van der Waals surface area contributed by atoms with Crippen LogP contribution in [0.1, 0.15) is 21.6 Å². The first-order valence-electron chi connectivity index (χ1n) is 6.42. The Bertz CT molecular complexity index is 699. The van der Waals surface area contributed by atoms with Crippen LogP contribution >= 0.6 is 0 Å². The quantitative estimate of drug-likeness (QED) is 0.845. The van der Waals surface area contributed by atoms with Crippen molar-refractivity contribution in [3.8, 4) is 5.75 Å². The van der Waals surface area contributed by atoms with Crippen LogP contribution in [-0.4, -0.2) is 27.9 Å². The van der Waals surface area contributed by atoms with E-state index in [1.165, 1.54) is 0 Å². The number of carbonyl (C=O) groups excluding carboxylic acids is 1. The number of aromatic nitrogens is 2. The zero-order valence-corrected chi connectivity index (χ0v) is 11.5. The number of hydrogen-bond acceptors (Lipinski definition) is 6. The van der Waals surface area contributed by atoms with Crippen LogP contribution in [0, 0.1) is 0 Å². The summed E-state index contributed by atoms with van der Waals surface area (Å²) in [5.74, 6) is 1.08. The molecule has 0 saturated heterocycles. The Morgan fingerprint density at radius 1 is 1.19 bits per heavy atom. The van der Waals surface area contributed by atoms with E-state index < -0.39 is 0 Å². The van der Waals surface area contributed by atoms with Gasteiger partial charge >= 0.3 is 0 Å². The molecule has 0 saturated carbocycles. The van der Waals surface area contributed by atoms with Crippen LogP contribution in [0.25, 0.3) is 0 Å². The first-order chi connectivity index (χ1) is 10.1. The Labute approximate surface area is 121 Å². The normalized spacial score (nSPS) is 13.1. The topological polar surface area (TPSA) is 107 Å². The summed E-state index contributed by atoms with van der Waals surface area (Å²) >= 11 is 0. The molecule has 0 bridgehead atoms. The van der Waals surface area contributed by atoms with Crippen molar-refractivity contribution in [1.29, 1.82) is 0 Å². The number of nitrogens with two attached hydrogens (primary N) is 2. The lowest BCUT2D eigenvalue weighted by atomic mass is 10.2. The molecule has 1 aliphatic rings. The van der Waals surface area contributed by atoms with Crippen molar-refractivity contribution in [2.45, 2.75) is 13.1 Å². The first-order valence-corrected chi connectivity index (χ1v) is 6.42. The van der Waals surface area contributed by atoms with E-state index >= 15 is 0 Å². The lowest BCUT2D eigenvalue weighted by molar-refractivity contribution is 0.0750. The van der Waals surface area contributed by atoms with Crippen LogP contribution in [0.4, 0.5) is 11.8 Å². The summed E-state index contributed by atoms with van der Waals surface area (Å²) < 4.78 is 5.08. The maximum atomic E-state index is 12.5. The zero-order valence-electron chi connectivity index (χ0n) is 11.5. The van der Waals surface area contributed by atoms with E-state index in [4.69, 9.17) is 16.2 Å². The number of benzene rings is 1. The third kappa shape index (κ3) is 2.33. The van der Waals surface area contributed by atoms with E-state index in [1.54, 1.807) is 36.3 Å². The highest BCUT2D eigenvalue weighted by Gasteiger charge is 2.28. The smallest absolute Gasteiger partial charge is 0.254 e. The Hall–Kier alpha value is -2.83. The molecule has 0 atom stereocenters. The summed E-state index contributed by atoms with van der Waals surface area (Å²) in [4.78, 5) is 22.2. The van der Waals surface area contributed by atoms with Gasteiger partial charge in [0.1, 0.15) is 11.6 Å².